The maximum atomic E-state index is 13.1. The highest BCUT2D eigenvalue weighted by atomic mass is 19.1. The predicted octanol–water partition coefficient (Wildman–Crippen LogP) is 3.05. The Bertz CT molecular complexity index is 547. The van der Waals surface area contributed by atoms with E-state index in [2.05, 4.69) is 0 Å². The Labute approximate surface area is 136 Å². The van der Waals surface area contributed by atoms with Gasteiger partial charge in [-0.2, -0.15) is 0 Å². The Hall–Kier alpha value is -2.11. The van der Waals surface area contributed by atoms with E-state index in [1.54, 1.807) is 28.9 Å². The minimum atomic E-state index is -0.366. The number of anilines is 1. The van der Waals surface area contributed by atoms with Crippen molar-refractivity contribution in [1.29, 1.82) is 0 Å². The normalized spacial score (nSPS) is 17.7. The lowest BCUT2D eigenvalue weighted by atomic mass is 9.96. The van der Waals surface area contributed by atoms with Crippen molar-refractivity contribution in [2.24, 2.45) is 5.92 Å². The molecule has 0 aromatic heterocycles. The molecule has 0 N–H and O–H groups in total. The van der Waals surface area contributed by atoms with Gasteiger partial charge < -0.3 is 14.5 Å². The Kier molecular flexibility index (Phi) is 5.96. The van der Waals surface area contributed by atoms with Gasteiger partial charge in [0.15, 0.2) is 0 Å². The van der Waals surface area contributed by atoms with Gasteiger partial charge in [0.1, 0.15) is 5.82 Å². The van der Waals surface area contributed by atoms with Crippen LogP contribution in [0.5, 0.6) is 0 Å². The van der Waals surface area contributed by atoms with E-state index in [0.717, 1.165) is 12.8 Å². The minimum absolute atomic E-state index is 0.0342. The fraction of sp³-hybridized carbons (Fsp3) is 0.529. The molecule has 1 unspecified atom stereocenters. The van der Waals surface area contributed by atoms with Crippen LogP contribution in [0.1, 0.15) is 26.7 Å². The summed E-state index contributed by atoms with van der Waals surface area (Å²) in [5, 5.41) is 0. The molecule has 23 heavy (non-hydrogen) atoms. The van der Waals surface area contributed by atoms with Crippen LogP contribution >= 0.6 is 0 Å². The predicted molar refractivity (Wildman–Crippen MR) is 85.7 cm³/mol. The molecule has 1 aromatic carbocycles. The molecule has 1 aliphatic rings. The third-order valence-corrected chi connectivity index (χ3v) is 4.02. The first-order valence-electron chi connectivity index (χ1n) is 8.05. The zero-order valence-electron chi connectivity index (χ0n) is 13.6. The lowest BCUT2D eigenvalue weighted by Gasteiger charge is -2.34. The van der Waals surface area contributed by atoms with E-state index in [9.17, 15) is 14.0 Å². The number of amides is 2. The topological polar surface area (TPSA) is 49.9 Å². The SMILES string of the molecule is CCOC(=O)N1CCCC(C(=O)N(CC)c2ccc(F)cc2)C1. The average molecular weight is 322 g/mol. The van der Waals surface area contributed by atoms with Crippen LogP contribution < -0.4 is 4.90 Å². The summed E-state index contributed by atoms with van der Waals surface area (Å²) in [5.74, 6) is -0.616. The molecule has 0 bridgehead atoms. The van der Waals surface area contributed by atoms with Gasteiger partial charge in [0.05, 0.1) is 12.5 Å². The number of nitrogens with zero attached hydrogens (tertiary/aromatic N) is 2. The molecular weight excluding hydrogens is 299 g/mol. The van der Waals surface area contributed by atoms with E-state index in [0.29, 0.717) is 31.9 Å². The quantitative estimate of drug-likeness (QED) is 0.856. The number of carbonyl (C=O) groups excluding carboxylic acids is 2. The van der Waals surface area contributed by atoms with Crippen molar-refractivity contribution >= 4 is 17.7 Å². The molecule has 1 saturated heterocycles. The third-order valence-electron chi connectivity index (χ3n) is 4.02. The van der Waals surface area contributed by atoms with Gasteiger partial charge in [0.2, 0.25) is 5.91 Å². The molecule has 1 aromatic rings. The van der Waals surface area contributed by atoms with E-state index in [1.165, 1.54) is 12.1 Å². The molecule has 6 heteroatoms. The zero-order valence-corrected chi connectivity index (χ0v) is 13.6. The van der Waals surface area contributed by atoms with Gasteiger partial charge in [-0.05, 0) is 51.0 Å². The van der Waals surface area contributed by atoms with Gasteiger partial charge in [-0.3, -0.25) is 4.79 Å². The van der Waals surface area contributed by atoms with Gasteiger partial charge in [0.25, 0.3) is 0 Å². The van der Waals surface area contributed by atoms with Crippen LogP contribution in [-0.2, 0) is 9.53 Å². The summed E-state index contributed by atoms with van der Waals surface area (Å²) in [7, 11) is 0. The maximum Gasteiger partial charge on any atom is 0.409 e. The zero-order chi connectivity index (χ0) is 16.8. The maximum absolute atomic E-state index is 13.1. The molecule has 1 fully saturated rings. The fourth-order valence-corrected chi connectivity index (χ4v) is 2.87. The second kappa shape index (κ2) is 7.94. The summed E-state index contributed by atoms with van der Waals surface area (Å²) >= 11 is 0. The summed E-state index contributed by atoms with van der Waals surface area (Å²) in [4.78, 5) is 27.9. The number of hydrogen-bond acceptors (Lipinski definition) is 3. The molecule has 5 nitrogen and oxygen atoms in total. The number of benzene rings is 1. The van der Waals surface area contributed by atoms with Crippen LogP contribution in [0, 0.1) is 11.7 Å². The molecule has 2 rings (SSSR count). The van der Waals surface area contributed by atoms with E-state index >= 15 is 0 Å². The first kappa shape index (κ1) is 17.2. The van der Waals surface area contributed by atoms with E-state index in [-0.39, 0.29) is 23.7 Å². The van der Waals surface area contributed by atoms with Crippen molar-refractivity contribution < 1.29 is 18.7 Å². The summed E-state index contributed by atoms with van der Waals surface area (Å²) in [6.45, 7) is 5.46. The lowest BCUT2D eigenvalue weighted by Crippen LogP contribution is -2.47. The number of carbonyl (C=O) groups is 2. The van der Waals surface area contributed by atoms with Crippen molar-refractivity contribution in [2.75, 3.05) is 31.1 Å². The first-order chi connectivity index (χ1) is 11.1. The summed E-state index contributed by atoms with van der Waals surface area (Å²) in [6, 6.07) is 5.89. The second-order valence-electron chi connectivity index (χ2n) is 5.54. The summed E-state index contributed by atoms with van der Waals surface area (Å²) < 4.78 is 18.1. The Morgan fingerprint density at radius 1 is 1.30 bits per heavy atom. The van der Waals surface area contributed by atoms with Gasteiger partial charge in [-0.15, -0.1) is 0 Å². The highest BCUT2D eigenvalue weighted by molar-refractivity contribution is 5.95. The smallest absolute Gasteiger partial charge is 0.409 e. The molecule has 1 heterocycles. The Balaban J connectivity index is 2.07. The fourth-order valence-electron chi connectivity index (χ4n) is 2.87. The number of halogens is 1. The van der Waals surface area contributed by atoms with Crippen LogP contribution in [0.4, 0.5) is 14.9 Å². The Morgan fingerprint density at radius 2 is 2.00 bits per heavy atom. The van der Waals surface area contributed by atoms with Crippen LogP contribution in [0.3, 0.4) is 0 Å². The van der Waals surface area contributed by atoms with Crippen LogP contribution in [0.25, 0.3) is 0 Å². The van der Waals surface area contributed by atoms with Crippen molar-refractivity contribution in [3.63, 3.8) is 0 Å². The highest BCUT2D eigenvalue weighted by Crippen LogP contribution is 2.23. The molecule has 0 spiro atoms. The average Bonchev–Trinajstić information content (AvgIpc) is 2.57. The van der Waals surface area contributed by atoms with Crippen LogP contribution in [0.15, 0.2) is 24.3 Å². The van der Waals surface area contributed by atoms with Crippen molar-refractivity contribution in [3.8, 4) is 0 Å². The summed E-state index contributed by atoms with van der Waals surface area (Å²) in [6.07, 6.45) is 1.15. The lowest BCUT2D eigenvalue weighted by molar-refractivity contribution is -0.123. The first-order valence-corrected chi connectivity index (χ1v) is 8.05. The van der Waals surface area contributed by atoms with Crippen LogP contribution in [-0.4, -0.2) is 43.1 Å². The van der Waals surface area contributed by atoms with E-state index < -0.39 is 0 Å². The number of rotatable bonds is 4. The largest absolute Gasteiger partial charge is 0.450 e. The van der Waals surface area contributed by atoms with Gasteiger partial charge >= 0.3 is 6.09 Å². The highest BCUT2D eigenvalue weighted by Gasteiger charge is 2.31. The molecule has 0 aliphatic carbocycles. The molecule has 1 aliphatic heterocycles. The summed E-state index contributed by atoms with van der Waals surface area (Å²) in [5.41, 5.74) is 0.673. The molecule has 2 amide bonds. The van der Waals surface area contributed by atoms with Gasteiger partial charge in [-0.1, -0.05) is 0 Å². The van der Waals surface area contributed by atoms with Crippen molar-refractivity contribution in [1.82, 2.24) is 4.90 Å². The Morgan fingerprint density at radius 3 is 2.61 bits per heavy atom. The van der Waals surface area contributed by atoms with Gasteiger partial charge in [-0.25, -0.2) is 9.18 Å². The number of piperidine rings is 1. The standard InChI is InChI=1S/C17H23FN2O3/c1-3-20(15-9-7-14(18)8-10-15)16(21)13-6-5-11-19(12-13)17(22)23-4-2/h7-10,13H,3-6,11-12H2,1-2H3. The third kappa shape index (κ3) is 4.21. The number of ether oxygens (including phenoxy) is 1. The van der Waals surface area contributed by atoms with E-state index in [1.807, 2.05) is 6.92 Å². The van der Waals surface area contributed by atoms with Crippen molar-refractivity contribution in [3.05, 3.63) is 30.1 Å². The van der Waals surface area contributed by atoms with E-state index in [4.69, 9.17) is 4.74 Å². The second-order valence-corrected chi connectivity index (χ2v) is 5.54. The molecular formula is C17H23FN2O3. The molecule has 126 valence electrons. The molecule has 1 atom stereocenters. The number of likely N-dealkylation sites (tertiary alicyclic amines) is 1. The molecule has 0 radical (unpaired) electrons. The van der Waals surface area contributed by atoms with Crippen LogP contribution in [0.2, 0.25) is 0 Å². The monoisotopic (exact) mass is 322 g/mol. The van der Waals surface area contributed by atoms with Crippen molar-refractivity contribution in [2.45, 2.75) is 26.7 Å². The number of hydrogen-bond donors (Lipinski definition) is 0. The molecule has 0 saturated carbocycles. The minimum Gasteiger partial charge on any atom is -0.450 e. The van der Waals surface area contributed by atoms with Gasteiger partial charge in [0, 0.05) is 25.3 Å².